The molecule has 1 aliphatic rings. The molecule has 1 fully saturated rings. The molecule has 0 bridgehead atoms. The molecule has 6 heteroatoms. The average Bonchev–Trinajstić information content (AvgIpc) is 2.87. The van der Waals surface area contributed by atoms with Crippen molar-refractivity contribution in [2.45, 2.75) is 12.5 Å². The first-order valence-electron chi connectivity index (χ1n) is 6.14. The highest BCUT2D eigenvalue weighted by atomic mass is 32.1. The maximum atomic E-state index is 11.0. The normalized spacial score (nSPS) is 19.8. The molecular formula is C13H14N2O3S. The number of rotatable bonds is 3. The largest absolute Gasteiger partial charge is 0.481 e. The Morgan fingerprint density at radius 1 is 1.58 bits per heavy atom. The van der Waals surface area contributed by atoms with E-state index in [-0.39, 0.29) is 12.5 Å². The van der Waals surface area contributed by atoms with Gasteiger partial charge in [-0.2, -0.15) is 0 Å². The molecule has 0 aliphatic carbocycles. The Kier molecular flexibility index (Phi) is 3.35. The van der Waals surface area contributed by atoms with Crippen LogP contribution in [0.2, 0.25) is 0 Å². The summed E-state index contributed by atoms with van der Waals surface area (Å²) in [7, 11) is 0. The van der Waals surface area contributed by atoms with Crippen LogP contribution in [0.1, 0.15) is 6.42 Å². The standard InChI is InChI=1S/C13H14N2O3S/c16-12(17)7-9-8-18-5-4-15(9)13-10-2-6-19-11(10)1-3-14-13/h1-3,6,9H,4-5,7-8H2,(H,16,17). The van der Waals surface area contributed by atoms with Crippen LogP contribution < -0.4 is 4.90 Å². The third kappa shape index (κ3) is 2.41. The summed E-state index contributed by atoms with van der Waals surface area (Å²) < 4.78 is 6.57. The van der Waals surface area contributed by atoms with Gasteiger partial charge in [-0.1, -0.05) is 0 Å². The van der Waals surface area contributed by atoms with Gasteiger partial charge in [0.2, 0.25) is 0 Å². The van der Waals surface area contributed by atoms with Crippen LogP contribution in [-0.2, 0) is 9.53 Å². The number of nitrogens with zero attached hydrogens (tertiary/aromatic N) is 2. The van der Waals surface area contributed by atoms with Crippen molar-refractivity contribution < 1.29 is 14.6 Å². The Morgan fingerprint density at radius 3 is 3.32 bits per heavy atom. The SMILES string of the molecule is O=C(O)CC1COCCN1c1nccc2sccc12. The summed E-state index contributed by atoms with van der Waals surface area (Å²) in [5.41, 5.74) is 0. The van der Waals surface area contributed by atoms with Gasteiger partial charge in [0.05, 0.1) is 25.7 Å². The van der Waals surface area contributed by atoms with E-state index in [2.05, 4.69) is 9.88 Å². The highest BCUT2D eigenvalue weighted by molar-refractivity contribution is 7.17. The minimum atomic E-state index is -0.807. The van der Waals surface area contributed by atoms with Crippen molar-refractivity contribution in [1.82, 2.24) is 4.98 Å². The lowest BCUT2D eigenvalue weighted by Gasteiger charge is -2.36. The molecule has 2 aromatic heterocycles. The van der Waals surface area contributed by atoms with Crippen LogP contribution in [0.25, 0.3) is 10.1 Å². The molecule has 0 radical (unpaired) electrons. The highest BCUT2D eigenvalue weighted by Gasteiger charge is 2.27. The molecule has 1 unspecified atom stereocenters. The fourth-order valence-corrected chi connectivity index (χ4v) is 3.19. The van der Waals surface area contributed by atoms with E-state index in [0.717, 1.165) is 11.2 Å². The van der Waals surface area contributed by atoms with Crippen LogP contribution in [0.4, 0.5) is 5.82 Å². The first-order chi connectivity index (χ1) is 9.25. The zero-order valence-electron chi connectivity index (χ0n) is 10.3. The number of thiophene rings is 1. The van der Waals surface area contributed by atoms with Crippen LogP contribution in [0.5, 0.6) is 0 Å². The zero-order chi connectivity index (χ0) is 13.2. The number of aromatic nitrogens is 1. The number of hydrogen-bond acceptors (Lipinski definition) is 5. The summed E-state index contributed by atoms with van der Waals surface area (Å²) in [5.74, 6) is 0.0614. The molecule has 1 aliphatic heterocycles. The Labute approximate surface area is 114 Å². The maximum Gasteiger partial charge on any atom is 0.305 e. The van der Waals surface area contributed by atoms with Gasteiger partial charge in [-0.25, -0.2) is 4.98 Å². The number of morpholine rings is 1. The van der Waals surface area contributed by atoms with E-state index < -0.39 is 5.97 Å². The van der Waals surface area contributed by atoms with Crippen molar-refractivity contribution in [2.75, 3.05) is 24.7 Å². The molecule has 0 saturated carbocycles. The number of carbonyl (C=O) groups is 1. The summed E-state index contributed by atoms with van der Waals surface area (Å²) in [6.45, 7) is 1.73. The first kappa shape index (κ1) is 12.4. The molecule has 100 valence electrons. The summed E-state index contributed by atoms with van der Waals surface area (Å²) in [6.07, 6.45) is 1.85. The molecule has 1 saturated heterocycles. The maximum absolute atomic E-state index is 11.0. The van der Waals surface area contributed by atoms with Crippen molar-refractivity contribution >= 4 is 33.2 Å². The number of pyridine rings is 1. The molecule has 5 nitrogen and oxygen atoms in total. The molecule has 1 N–H and O–H groups in total. The summed E-state index contributed by atoms with van der Waals surface area (Å²) in [4.78, 5) is 17.5. The summed E-state index contributed by atoms with van der Waals surface area (Å²) in [6, 6.07) is 3.87. The number of carboxylic acids is 1. The molecule has 0 aromatic carbocycles. The van der Waals surface area contributed by atoms with E-state index >= 15 is 0 Å². The lowest BCUT2D eigenvalue weighted by atomic mass is 10.1. The van der Waals surface area contributed by atoms with Gasteiger partial charge in [0.25, 0.3) is 0 Å². The Balaban J connectivity index is 1.97. The van der Waals surface area contributed by atoms with Crippen molar-refractivity contribution in [3.63, 3.8) is 0 Å². The monoisotopic (exact) mass is 278 g/mol. The van der Waals surface area contributed by atoms with Gasteiger partial charge < -0.3 is 14.7 Å². The quantitative estimate of drug-likeness (QED) is 0.930. The van der Waals surface area contributed by atoms with Crippen LogP contribution in [0.3, 0.4) is 0 Å². The summed E-state index contributed by atoms with van der Waals surface area (Å²) >= 11 is 1.67. The van der Waals surface area contributed by atoms with Gasteiger partial charge in [-0.15, -0.1) is 11.3 Å². The first-order valence-corrected chi connectivity index (χ1v) is 7.02. The third-order valence-electron chi connectivity index (χ3n) is 3.27. The molecule has 3 rings (SSSR count). The van der Waals surface area contributed by atoms with E-state index in [4.69, 9.17) is 9.84 Å². The average molecular weight is 278 g/mol. The van der Waals surface area contributed by atoms with Gasteiger partial charge >= 0.3 is 5.97 Å². The minimum absolute atomic E-state index is 0.0716. The van der Waals surface area contributed by atoms with Crippen molar-refractivity contribution in [1.29, 1.82) is 0 Å². The van der Waals surface area contributed by atoms with E-state index in [1.807, 2.05) is 17.5 Å². The van der Waals surface area contributed by atoms with Gasteiger partial charge in [-0.05, 0) is 17.5 Å². The number of fused-ring (bicyclic) bond motifs is 1. The van der Waals surface area contributed by atoms with Crippen LogP contribution in [0, 0.1) is 0 Å². The van der Waals surface area contributed by atoms with Crippen molar-refractivity contribution in [3.05, 3.63) is 23.7 Å². The topological polar surface area (TPSA) is 62.7 Å². The predicted octanol–water partition coefficient (Wildman–Crippen LogP) is 1.98. The van der Waals surface area contributed by atoms with Crippen LogP contribution >= 0.6 is 11.3 Å². The lowest BCUT2D eigenvalue weighted by Crippen LogP contribution is -2.47. The van der Waals surface area contributed by atoms with Gasteiger partial charge in [0.1, 0.15) is 5.82 Å². The second kappa shape index (κ2) is 5.14. The van der Waals surface area contributed by atoms with Crippen molar-refractivity contribution in [2.24, 2.45) is 0 Å². The molecule has 2 aromatic rings. The number of aliphatic carboxylic acids is 1. The van der Waals surface area contributed by atoms with E-state index in [9.17, 15) is 4.79 Å². The van der Waals surface area contributed by atoms with Crippen LogP contribution in [0.15, 0.2) is 23.7 Å². The lowest BCUT2D eigenvalue weighted by molar-refractivity contribution is -0.138. The predicted molar refractivity (Wildman–Crippen MR) is 73.8 cm³/mol. The molecule has 0 spiro atoms. The second-order valence-electron chi connectivity index (χ2n) is 4.49. The Morgan fingerprint density at radius 2 is 2.47 bits per heavy atom. The number of carboxylic acid groups (broad SMARTS) is 1. The number of ether oxygens (including phenoxy) is 1. The summed E-state index contributed by atoms with van der Waals surface area (Å²) in [5, 5.41) is 12.1. The Hall–Kier alpha value is -1.66. The zero-order valence-corrected chi connectivity index (χ0v) is 11.1. The molecule has 3 heterocycles. The van der Waals surface area contributed by atoms with Crippen LogP contribution in [-0.4, -0.2) is 41.9 Å². The fourth-order valence-electron chi connectivity index (χ4n) is 2.41. The fraction of sp³-hybridized carbons (Fsp3) is 0.385. The van der Waals surface area contributed by atoms with Gasteiger partial charge in [0, 0.05) is 22.8 Å². The van der Waals surface area contributed by atoms with E-state index in [1.54, 1.807) is 17.5 Å². The minimum Gasteiger partial charge on any atom is -0.481 e. The van der Waals surface area contributed by atoms with Gasteiger partial charge in [0.15, 0.2) is 0 Å². The molecular weight excluding hydrogens is 264 g/mol. The number of anilines is 1. The molecule has 1 atom stereocenters. The van der Waals surface area contributed by atoms with E-state index in [1.165, 1.54) is 4.70 Å². The van der Waals surface area contributed by atoms with Gasteiger partial charge in [-0.3, -0.25) is 4.79 Å². The molecule has 0 amide bonds. The van der Waals surface area contributed by atoms with E-state index in [0.29, 0.717) is 19.8 Å². The Bertz CT molecular complexity index is 598. The highest BCUT2D eigenvalue weighted by Crippen LogP contribution is 2.30. The second-order valence-corrected chi connectivity index (χ2v) is 5.43. The number of hydrogen-bond donors (Lipinski definition) is 1. The smallest absolute Gasteiger partial charge is 0.305 e. The third-order valence-corrected chi connectivity index (χ3v) is 4.15. The molecule has 19 heavy (non-hydrogen) atoms. The van der Waals surface area contributed by atoms with Crippen molar-refractivity contribution in [3.8, 4) is 0 Å².